The maximum Gasteiger partial charge on any atom is 0.246 e. The predicted molar refractivity (Wildman–Crippen MR) is 155 cm³/mol. The van der Waals surface area contributed by atoms with Crippen molar-refractivity contribution < 1.29 is 24.2 Å². The van der Waals surface area contributed by atoms with Crippen LogP contribution >= 0.6 is 0 Å². The summed E-state index contributed by atoms with van der Waals surface area (Å²) in [6.45, 7) is 8.00. The van der Waals surface area contributed by atoms with Crippen LogP contribution in [0.25, 0.3) is 0 Å². The number of hydrogen-bond acceptors (Lipinski definition) is 5. The largest absolute Gasteiger partial charge is 0.394 e. The predicted octanol–water partition coefficient (Wildman–Crippen LogP) is 3.22. The number of rotatable bonds is 11. The van der Waals surface area contributed by atoms with Crippen LogP contribution in [-0.4, -0.2) is 63.7 Å². The lowest BCUT2D eigenvalue weighted by Crippen LogP contribution is -2.59. The lowest BCUT2D eigenvalue weighted by molar-refractivity contribution is -0.151. The van der Waals surface area contributed by atoms with Crippen LogP contribution in [0.3, 0.4) is 0 Å². The SMILES string of the molecule is CCCC(C)NC(=O)C1N([C@@H](CO)Cc2ccccc2)C(=O)[C@@H]2[C@H](C(=O)NCc3ccccc3)[C@@]3(C)OC12CC3C. The molecule has 41 heavy (non-hydrogen) atoms. The highest BCUT2D eigenvalue weighted by Gasteiger charge is 2.80. The number of benzene rings is 2. The third-order valence-corrected chi connectivity index (χ3v) is 9.62. The average molecular weight is 562 g/mol. The van der Waals surface area contributed by atoms with E-state index in [1.54, 1.807) is 4.90 Å². The van der Waals surface area contributed by atoms with Crippen molar-refractivity contribution in [2.24, 2.45) is 17.8 Å². The van der Waals surface area contributed by atoms with Gasteiger partial charge in [0, 0.05) is 12.6 Å². The van der Waals surface area contributed by atoms with Crippen LogP contribution in [0, 0.1) is 17.8 Å². The van der Waals surface area contributed by atoms with Gasteiger partial charge in [0.05, 0.1) is 30.1 Å². The van der Waals surface area contributed by atoms with Gasteiger partial charge in [-0.3, -0.25) is 14.4 Å². The first-order valence-electron chi connectivity index (χ1n) is 14.9. The molecule has 2 aromatic carbocycles. The second kappa shape index (κ2) is 11.6. The first-order valence-corrected chi connectivity index (χ1v) is 14.9. The molecule has 3 aliphatic heterocycles. The van der Waals surface area contributed by atoms with Gasteiger partial charge in [-0.2, -0.15) is 0 Å². The van der Waals surface area contributed by atoms with E-state index < -0.39 is 35.1 Å². The summed E-state index contributed by atoms with van der Waals surface area (Å²) in [5.74, 6) is -2.45. The van der Waals surface area contributed by atoms with E-state index >= 15 is 0 Å². The number of ether oxygens (including phenoxy) is 1. The summed E-state index contributed by atoms with van der Waals surface area (Å²) < 4.78 is 6.82. The van der Waals surface area contributed by atoms with Crippen molar-refractivity contribution in [3.63, 3.8) is 0 Å². The summed E-state index contributed by atoms with van der Waals surface area (Å²) in [6.07, 6.45) is 2.58. The summed E-state index contributed by atoms with van der Waals surface area (Å²) in [7, 11) is 0. The molecule has 220 valence electrons. The minimum absolute atomic E-state index is 0.0518. The Morgan fingerprint density at radius 3 is 2.32 bits per heavy atom. The number of carbonyl (C=O) groups is 3. The normalized spacial score (nSPS) is 31.5. The molecule has 1 spiro atoms. The molecular formula is C33H43N3O5. The molecule has 3 aliphatic rings. The lowest BCUT2D eigenvalue weighted by atomic mass is 9.62. The Labute approximate surface area is 242 Å². The van der Waals surface area contributed by atoms with E-state index in [1.807, 2.05) is 81.4 Å². The highest BCUT2D eigenvalue weighted by atomic mass is 16.5. The number of aliphatic hydroxyl groups excluding tert-OH is 1. The van der Waals surface area contributed by atoms with Crippen LogP contribution < -0.4 is 10.6 Å². The Morgan fingerprint density at radius 2 is 1.71 bits per heavy atom. The summed E-state index contributed by atoms with van der Waals surface area (Å²) in [4.78, 5) is 44.1. The molecule has 2 aromatic rings. The fourth-order valence-corrected chi connectivity index (χ4v) is 7.63. The van der Waals surface area contributed by atoms with E-state index in [-0.39, 0.29) is 36.3 Å². The third-order valence-electron chi connectivity index (χ3n) is 9.62. The van der Waals surface area contributed by atoms with E-state index in [2.05, 4.69) is 17.6 Å². The van der Waals surface area contributed by atoms with Gasteiger partial charge in [0.1, 0.15) is 11.6 Å². The van der Waals surface area contributed by atoms with Gasteiger partial charge in [0.25, 0.3) is 0 Å². The number of amides is 3. The second-order valence-electron chi connectivity index (χ2n) is 12.4. The molecule has 8 heteroatoms. The Morgan fingerprint density at radius 1 is 1.07 bits per heavy atom. The molecule has 0 aliphatic carbocycles. The highest BCUT2D eigenvalue weighted by Crippen LogP contribution is 2.65. The summed E-state index contributed by atoms with van der Waals surface area (Å²) in [5.41, 5.74) is -0.132. The third kappa shape index (κ3) is 5.06. The van der Waals surface area contributed by atoms with Gasteiger partial charge in [-0.05, 0) is 50.2 Å². The summed E-state index contributed by atoms with van der Waals surface area (Å²) in [6, 6.07) is 17.6. The van der Waals surface area contributed by atoms with E-state index in [1.165, 1.54) is 0 Å². The van der Waals surface area contributed by atoms with Crippen molar-refractivity contribution in [3.8, 4) is 0 Å². The van der Waals surface area contributed by atoms with Crippen molar-refractivity contribution in [2.45, 2.75) is 89.3 Å². The van der Waals surface area contributed by atoms with Crippen LogP contribution in [0.4, 0.5) is 0 Å². The number of nitrogens with zero attached hydrogens (tertiary/aromatic N) is 1. The first kappa shape index (κ1) is 29.3. The van der Waals surface area contributed by atoms with Gasteiger partial charge in [-0.1, -0.05) is 80.9 Å². The Balaban J connectivity index is 1.52. The van der Waals surface area contributed by atoms with Crippen molar-refractivity contribution in [1.82, 2.24) is 15.5 Å². The Kier molecular flexibility index (Phi) is 8.26. The van der Waals surface area contributed by atoms with Crippen molar-refractivity contribution in [3.05, 3.63) is 71.8 Å². The average Bonchev–Trinajstić information content (AvgIpc) is 3.48. The first-order chi connectivity index (χ1) is 19.7. The van der Waals surface area contributed by atoms with Crippen molar-refractivity contribution in [1.29, 1.82) is 0 Å². The minimum atomic E-state index is -1.15. The lowest BCUT2D eigenvalue weighted by Gasteiger charge is -2.37. The molecule has 8 nitrogen and oxygen atoms in total. The number of hydrogen-bond donors (Lipinski definition) is 3. The zero-order valence-electron chi connectivity index (χ0n) is 24.5. The molecule has 3 N–H and O–H groups in total. The standard InChI is InChI=1S/C33H43N3O5/c1-5-12-22(3)35-30(39)28-33-18-21(2)32(4,41-33)26(29(38)34-19-24-15-10-7-11-16-24)27(33)31(40)36(28)25(20-37)17-23-13-8-6-9-14-23/h6-11,13-16,21-22,25-28,37H,5,12,17-20H2,1-4H3,(H,34,38)(H,35,39)/t21?,22?,25-,26-,27+,28?,32+,33?/m1/s1. The van der Waals surface area contributed by atoms with Gasteiger partial charge in [0.15, 0.2) is 0 Å². The van der Waals surface area contributed by atoms with E-state index in [0.717, 1.165) is 24.0 Å². The van der Waals surface area contributed by atoms with Gasteiger partial charge < -0.3 is 25.4 Å². The zero-order chi connectivity index (χ0) is 29.4. The molecule has 0 aromatic heterocycles. The smallest absolute Gasteiger partial charge is 0.246 e. The number of nitrogens with one attached hydrogen (secondary N) is 2. The quantitative estimate of drug-likeness (QED) is 0.391. The molecule has 3 saturated heterocycles. The van der Waals surface area contributed by atoms with Crippen LogP contribution in [0.15, 0.2) is 60.7 Å². The number of aliphatic hydroxyl groups is 1. The molecule has 3 fully saturated rings. The minimum Gasteiger partial charge on any atom is -0.394 e. The van der Waals surface area contributed by atoms with Gasteiger partial charge in [-0.25, -0.2) is 0 Å². The molecule has 0 saturated carbocycles. The van der Waals surface area contributed by atoms with E-state index in [4.69, 9.17) is 4.74 Å². The van der Waals surface area contributed by atoms with E-state index in [9.17, 15) is 19.5 Å². The van der Waals surface area contributed by atoms with Crippen LogP contribution in [-0.2, 0) is 32.1 Å². The fraction of sp³-hybridized carbons (Fsp3) is 0.545. The highest BCUT2D eigenvalue weighted by molar-refractivity contribution is 5.99. The number of carbonyl (C=O) groups excluding carboxylic acids is 3. The summed E-state index contributed by atoms with van der Waals surface area (Å²) in [5, 5.41) is 16.8. The fourth-order valence-electron chi connectivity index (χ4n) is 7.63. The van der Waals surface area contributed by atoms with Crippen LogP contribution in [0.2, 0.25) is 0 Å². The number of fused-ring (bicyclic) bond motifs is 1. The molecule has 5 rings (SSSR count). The monoisotopic (exact) mass is 561 g/mol. The van der Waals surface area contributed by atoms with Gasteiger partial charge in [0.2, 0.25) is 17.7 Å². The zero-order valence-corrected chi connectivity index (χ0v) is 24.5. The second-order valence-corrected chi connectivity index (χ2v) is 12.4. The van der Waals surface area contributed by atoms with Gasteiger partial charge in [-0.15, -0.1) is 0 Å². The van der Waals surface area contributed by atoms with Crippen molar-refractivity contribution >= 4 is 17.7 Å². The maximum absolute atomic E-state index is 14.5. The van der Waals surface area contributed by atoms with Crippen LogP contribution in [0.1, 0.15) is 58.1 Å². The van der Waals surface area contributed by atoms with Crippen LogP contribution in [0.5, 0.6) is 0 Å². The number of likely N-dealkylation sites (tertiary alicyclic amines) is 1. The molecule has 4 unspecified atom stereocenters. The molecule has 0 radical (unpaired) electrons. The molecule has 3 amide bonds. The van der Waals surface area contributed by atoms with Gasteiger partial charge >= 0.3 is 0 Å². The van der Waals surface area contributed by atoms with Crippen molar-refractivity contribution in [2.75, 3.05) is 6.61 Å². The Hall–Kier alpha value is -3.23. The topological polar surface area (TPSA) is 108 Å². The summed E-state index contributed by atoms with van der Waals surface area (Å²) >= 11 is 0. The van der Waals surface area contributed by atoms with E-state index in [0.29, 0.717) is 19.4 Å². The Bertz CT molecular complexity index is 1260. The molecule has 2 bridgehead atoms. The molecule has 3 heterocycles. The maximum atomic E-state index is 14.5. The molecule has 8 atom stereocenters. The molecular weight excluding hydrogens is 518 g/mol.